The van der Waals surface area contributed by atoms with Gasteiger partial charge in [-0.1, -0.05) is 36.4 Å². The van der Waals surface area contributed by atoms with Crippen molar-refractivity contribution in [1.29, 1.82) is 0 Å². The molecule has 0 aliphatic rings. The molecule has 2 nitrogen and oxygen atoms in total. The van der Waals surface area contributed by atoms with Crippen LogP contribution >= 0.6 is 0 Å². The Morgan fingerprint density at radius 1 is 1.07 bits per heavy atom. The van der Waals surface area contributed by atoms with Gasteiger partial charge in [-0.15, -0.1) is 0 Å². The summed E-state index contributed by atoms with van der Waals surface area (Å²) in [6.07, 6.45) is 1.63. The van der Waals surface area contributed by atoms with Crippen molar-refractivity contribution in [2.45, 2.75) is 6.52 Å². The Morgan fingerprint density at radius 2 is 1.79 bits per heavy atom. The first kappa shape index (κ1) is 7.56. The van der Waals surface area contributed by atoms with E-state index in [0.29, 0.717) is 0 Å². The molecule has 70 valence electrons. The summed E-state index contributed by atoms with van der Waals surface area (Å²) in [6.45, 7) is -0.667. The van der Waals surface area contributed by atoms with Crippen LogP contribution in [0.2, 0.25) is 0 Å². The van der Waals surface area contributed by atoms with E-state index in [1.54, 1.807) is 18.3 Å². The summed E-state index contributed by atoms with van der Waals surface area (Å²) in [5, 5.41) is 0. The molecule has 0 amide bonds. The van der Waals surface area contributed by atoms with Crippen molar-refractivity contribution in [1.82, 2.24) is 4.57 Å². The molecule has 1 aromatic heterocycles. The molecule has 0 aliphatic heterocycles. The third-order valence-corrected chi connectivity index (χ3v) is 1.94. The van der Waals surface area contributed by atoms with Gasteiger partial charge in [0.2, 0.25) is 0 Å². The average molecular weight is 186 g/mol. The van der Waals surface area contributed by atoms with Crippen LogP contribution in [0.25, 0.3) is 0 Å². The van der Waals surface area contributed by atoms with E-state index in [1.807, 2.05) is 30.3 Å². The molecule has 1 heterocycles. The maximum Gasteiger partial charge on any atom is 0.250 e. The van der Waals surface area contributed by atoms with Gasteiger partial charge in [-0.25, -0.2) is 0 Å². The molecule has 0 saturated carbocycles. The highest BCUT2D eigenvalue weighted by Gasteiger charge is 1.94. The van der Waals surface area contributed by atoms with E-state index >= 15 is 0 Å². The van der Waals surface area contributed by atoms with Crippen molar-refractivity contribution >= 4 is 0 Å². The SMILES string of the molecule is [2H]C(c1ccccc1)n1ccccc1=O. The van der Waals surface area contributed by atoms with Crippen molar-refractivity contribution in [3.63, 3.8) is 0 Å². The normalized spacial score (nSPS) is 13.3. The molecule has 1 aromatic carbocycles. The number of aromatic nitrogens is 1. The molecule has 2 heteroatoms. The van der Waals surface area contributed by atoms with Crippen LogP contribution in [0, 0.1) is 0 Å². The van der Waals surface area contributed by atoms with Crippen molar-refractivity contribution < 1.29 is 1.37 Å². The highest BCUT2D eigenvalue weighted by atomic mass is 16.1. The van der Waals surface area contributed by atoms with Crippen LogP contribution in [0.1, 0.15) is 6.93 Å². The minimum absolute atomic E-state index is 0.152. The lowest BCUT2D eigenvalue weighted by molar-refractivity contribution is 0.759. The van der Waals surface area contributed by atoms with Gasteiger partial charge in [-0.3, -0.25) is 4.79 Å². The van der Waals surface area contributed by atoms with E-state index in [-0.39, 0.29) is 5.56 Å². The molecule has 0 fully saturated rings. The van der Waals surface area contributed by atoms with Crippen molar-refractivity contribution in [3.05, 3.63) is 70.6 Å². The largest absolute Gasteiger partial charge is 0.311 e. The quantitative estimate of drug-likeness (QED) is 0.702. The van der Waals surface area contributed by atoms with Crippen molar-refractivity contribution in [2.75, 3.05) is 0 Å². The highest BCUT2D eigenvalue weighted by molar-refractivity contribution is 5.15. The van der Waals surface area contributed by atoms with Crippen molar-refractivity contribution in [3.8, 4) is 0 Å². The second-order valence-corrected chi connectivity index (χ2v) is 2.99. The lowest BCUT2D eigenvalue weighted by Crippen LogP contribution is -2.18. The predicted molar refractivity (Wildman–Crippen MR) is 56.2 cm³/mol. The maximum absolute atomic E-state index is 11.5. The van der Waals surface area contributed by atoms with Gasteiger partial charge in [0, 0.05) is 12.3 Å². The van der Waals surface area contributed by atoms with Gasteiger partial charge in [0.05, 0.1) is 7.89 Å². The lowest BCUT2D eigenvalue weighted by atomic mass is 10.2. The molecular formula is C12H11NO. The number of pyridine rings is 1. The first-order chi connectivity index (χ1) is 7.29. The topological polar surface area (TPSA) is 22.0 Å². The second-order valence-electron chi connectivity index (χ2n) is 2.99. The zero-order valence-corrected chi connectivity index (χ0v) is 7.63. The number of hydrogen-bond acceptors (Lipinski definition) is 1. The number of rotatable bonds is 2. The minimum atomic E-state index is -0.667. The standard InChI is InChI=1S/C12H11NO/c14-12-8-4-5-9-13(12)10-11-6-2-1-3-7-11/h1-9H,10H2/i10D. The zero-order chi connectivity index (χ0) is 10.7. The molecule has 0 aliphatic carbocycles. The van der Waals surface area contributed by atoms with Crippen LogP contribution in [0.4, 0.5) is 0 Å². The highest BCUT2D eigenvalue weighted by Crippen LogP contribution is 1.99. The van der Waals surface area contributed by atoms with E-state index in [9.17, 15) is 4.79 Å². The first-order valence-electron chi connectivity index (χ1n) is 5.01. The van der Waals surface area contributed by atoms with Crippen LogP contribution < -0.4 is 5.56 Å². The van der Waals surface area contributed by atoms with Crippen LogP contribution in [-0.2, 0) is 6.52 Å². The van der Waals surface area contributed by atoms with Gasteiger partial charge < -0.3 is 4.57 Å². The maximum atomic E-state index is 11.5. The Morgan fingerprint density at radius 3 is 2.50 bits per heavy atom. The summed E-state index contributed by atoms with van der Waals surface area (Å²) in [4.78, 5) is 11.5. The van der Waals surface area contributed by atoms with Gasteiger partial charge in [-0.05, 0) is 11.6 Å². The third kappa shape index (κ3) is 1.91. The van der Waals surface area contributed by atoms with Crippen LogP contribution in [0.3, 0.4) is 0 Å². The van der Waals surface area contributed by atoms with Gasteiger partial charge in [0.15, 0.2) is 0 Å². The number of hydrogen-bond donors (Lipinski definition) is 0. The van der Waals surface area contributed by atoms with E-state index in [2.05, 4.69) is 0 Å². The summed E-state index contributed by atoms with van der Waals surface area (Å²) in [6, 6.07) is 14.2. The molecule has 1 atom stereocenters. The Bertz CT molecular complexity index is 492. The molecule has 1 unspecified atom stereocenters. The molecule has 0 bridgehead atoms. The molecular weight excluding hydrogens is 174 g/mol. The van der Waals surface area contributed by atoms with E-state index in [0.717, 1.165) is 5.56 Å². The Labute approximate surface area is 83.8 Å². The molecule has 0 radical (unpaired) electrons. The van der Waals surface area contributed by atoms with Crippen molar-refractivity contribution in [2.24, 2.45) is 0 Å². The summed E-state index contributed by atoms with van der Waals surface area (Å²) in [5.74, 6) is 0. The van der Waals surface area contributed by atoms with Crippen LogP contribution in [-0.4, -0.2) is 4.57 Å². The van der Waals surface area contributed by atoms with E-state index < -0.39 is 6.52 Å². The molecule has 2 rings (SSSR count). The molecule has 0 spiro atoms. The van der Waals surface area contributed by atoms with Gasteiger partial charge in [0.25, 0.3) is 5.56 Å². The fourth-order valence-electron chi connectivity index (χ4n) is 1.25. The minimum Gasteiger partial charge on any atom is -0.311 e. The molecule has 0 N–H and O–H groups in total. The fraction of sp³-hybridized carbons (Fsp3) is 0.0833. The Balaban J connectivity index is 2.42. The smallest absolute Gasteiger partial charge is 0.250 e. The molecule has 14 heavy (non-hydrogen) atoms. The summed E-state index contributed by atoms with van der Waals surface area (Å²) >= 11 is 0. The van der Waals surface area contributed by atoms with E-state index in [4.69, 9.17) is 1.37 Å². The zero-order valence-electron chi connectivity index (χ0n) is 8.63. The predicted octanol–water partition coefficient (Wildman–Crippen LogP) is 1.90. The van der Waals surface area contributed by atoms with Gasteiger partial charge in [-0.2, -0.15) is 0 Å². The average Bonchev–Trinajstić information content (AvgIpc) is 2.30. The third-order valence-electron chi connectivity index (χ3n) is 1.94. The van der Waals surface area contributed by atoms with Gasteiger partial charge >= 0.3 is 0 Å². The first-order valence-corrected chi connectivity index (χ1v) is 4.43. The van der Waals surface area contributed by atoms with Crippen LogP contribution in [0.15, 0.2) is 59.5 Å². The van der Waals surface area contributed by atoms with Gasteiger partial charge in [0.1, 0.15) is 0 Å². The lowest BCUT2D eigenvalue weighted by Gasteiger charge is -2.03. The Hall–Kier alpha value is -1.83. The fourth-order valence-corrected chi connectivity index (χ4v) is 1.25. The Kier molecular flexibility index (Phi) is 2.12. The summed E-state index contributed by atoms with van der Waals surface area (Å²) in [7, 11) is 0. The second kappa shape index (κ2) is 3.92. The molecule has 0 saturated heterocycles. The molecule has 2 aromatic rings. The monoisotopic (exact) mass is 186 g/mol. The van der Waals surface area contributed by atoms with Crippen LogP contribution in [0.5, 0.6) is 0 Å². The van der Waals surface area contributed by atoms with E-state index in [1.165, 1.54) is 10.6 Å². The summed E-state index contributed by atoms with van der Waals surface area (Å²) in [5.41, 5.74) is 0.659. The number of benzene rings is 1. The summed E-state index contributed by atoms with van der Waals surface area (Å²) < 4.78 is 9.36. The number of nitrogens with zero attached hydrogens (tertiary/aromatic N) is 1.